The van der Waals surface area contributed by atoms with Gasteiger partial charge in [0.05, 0.1) is 0 Å². The van der Waals surface area contributed by atoms with Gasteiger partial charge in [-0.2, -0.15) is 0 Å². The highest BCUT2D eigenvalue weighted by Crippen LogP contribution is 2.39. The summed E-state index contributed by atoms with van der Waals surface area (Å²) in [6.45, 7) is 6.93. The number of aromatic nitrogens is 2. The largest absolute Gasteiger partial charge is 0.454 e. The molecule has 191 valence electrons. The highest BCUT2D eigenvalue weighted by molar-refractivity contribution is 6.00. The van der Waals surface area contributed by atoms with Crippen molar-refractivity contribution in [3.63, 3.8) is 0 Å². The number of aromatic amines is 1. The zero-order chi connectivity index (χ0) is 26.5. The molecule has 0 bridgehead atoms. The molecule has 8 heteroatoms. The van der Waals surface area contributed by atoms with Gasteiger partial charge in [0, 0.05) is 60.2 Å². The van der Waals surface area contributed by atoms with Crippen LogP contribution in [0.25, 0.3) is 22.0 Å². The van der Waals surface area contributed by atoms with E-state index in [2.05, 4.69) is 32.2 Å². The lowest BCUT2D eigenvalue weighted by molar-refractivity contribution is 0.0654. The lowest BCUT2D eigenvalue weighted by Crippen LogP contribution is -2.43. The van der Waals surface area contributed by atoms with Gasteiger partial charge in [0.1, 0.15) is 17.1 Å². The number of nitrogens with zero attached hydrogens (tertiary/aromatic N) is 2. The van der Waals surface area contributed by atoms with Crippen LogP contribution in [0.4, 0.5) is 8.78 Å². The zero-order valence-corrected chi connectivity index (χ0v) is 21.1. The van der Waals surface area contributed by atoms with E-state index < -0.39 is 11.6 Å². The number of carbonyl (C=O) groups excluding carboxylic acids is 1. The quantitative estimate of drug-likeness (QED) is 0.367. The van der Waals surface area contributed by atoms with Crippen molar-refractivity contribution in [3.8, 4) is 22.6 Å². The summed E-state index contributed by atoms with van der Waals surface area (Å²) in [6, 6.07) is 9.81. The molecule has 1 amide bonds. The number of aryl methyl sites for hydroxylation is 1. The smallest absolute Gasteiger partial charge is 0.274 e. The summed E-state index contributed by atoms with van der Waals surface area (Å²) < 4.78 is 35.3. The fourth-order valence-corrected chi connectivity index (χ4v) is 4.98. The van der Waals surface area contributed by atoms with E-state index in [0.717, 1.165) is 18.6 Å². The Balaban J connectivity index is 1.66. The van der Waals surface area contributed by atoms with Crippen LogP contribution in [0.3, 0.4) is 0 Å². The first-order valence-electron chi connectivity index (χ1n) is 12.1. The summed E-state index contributed by atoms with van der Waals surface area (Å²) in [4.78, 5) is 31.2. The normalized spacial score (nSPS) is 15.9. The number of rotatable bonds is 4. The Hall–Kier alpha value is -3.94. The number of fused-ring (bicyclic) bond motifs is 1. The molecule has 1 aliphatic rings. The summed E-state index contributed by atoms with van der Waals surface area (Å²) in [5.41, 5.74) is 1.66. The topological polar surface area (TPSA) is 67.3 Å². The third-order valence-electron chi connectivity index (χ3n) is 6.77. The van der Waals surface area contributed by atoms with Gasteiger partial charge in [-0.25, -0.2) is 8.78 Å². The number of H-pyrrole nitrogens is 1. The van der Waals surface area contributed by atoms with Crippen molar-refractivity contribution >= 4 is 16.8 Å². The minimum atomic E-state index is -0.848. The van der Waals surface area contributed by atoms with Crippen molar-refractivity contribution in [1.29, 1.82) is 0 Å². The van der Waals surface area contributed by atoms with E-state index in [0.29, 0.717) is 34.1 Å². The van der Waals surface area contributed by atoms with Crippen LogP contribution >= 0.6 is 0 Å². The standard InChI is InChI=1S/C29H28F2N3O3/c1-29(2,3)25-6-5-13-34(25)27(35)17-7-9-23(37-24-10-8-18(30)15-22(24)31)20(14-17)21-16-33(4)28(36)26-19(21)11-12-32-26/h6-12,14-16,25,32H,5,13H2,1-4H3. The van der Waals surface area contributed by atoms with Gasteiger partial charge in [-0.05, 0) is 54.7 Å². The first-order valence-corrected chi connectivity index (χ1v) is 12.1. The molecule has 0 aliphatic carbocycles. The number of nitrogens with one attached hydrogen (secondary N) is 1. The second-order valence-electron chi connectivity index (χ2n) is 10.4. The van der Waals surface area contributed by atoms with Gasteiger partial charge < -0.3 is 19.2 Å². The number of likely N-dealkylation sites (tertiary alicyclic amines) is 1. The highest BCUT2D eigenvalue weighted by atomic mass is 19.1. The first kappa shape index (κ1) is 24.7. The molecule has 3 heterocycles. The van der Waals surface area contributed by atoms with Crippen molar-refractivity contribution in [2.45, 2.75) is 33.2 Å². The Labute approximate surface area is 213 Å². The van der Waals surface area contributed by atoms with Crippen molar-refractivity contribution in [2.75, 3.05) is 6.54 Å². The number of benzene rings is 2. The van der Waals surface area contributed by atoms with Gasteiger partial charge >= 0.3 is 0 Å². The van der Waals surface area contributed by atoms with Crippen molar-refractivity contribution in [2.24, 2.45) is 12.5 Å². The first-order chi connectivity index (χ1) is 17.5. The summed E-state index contributed by atoms with van der Waals surface area (Å²) in [6.07, 6.45) is 6.32. The van der Waals surface area contributed by atoms with E-state index in [1.54, 1.807) is 43.7 Å². The molecule has 1 N–H and O–H groups in total. The van der Waals surface area contributed by atoms with Crippen LogP contribution in [-0.4, -0.2) is 32.9 Å². The van der Waals surface area contributed by atoms with E-state index >= 15 is 0 Å². The third-order valence-corrected chi connectivity index (χ3v) is 6.77. The van der Waals surface area contributed by atoms with Gasteiger partial charge in [0.15, 0.2) is 11.6 Å². The molecular formula is C29H28F2N3O3. The number of carbonyl (C=O) groups is 1. The van der Waals surface area contributed by atoms with Gasteiger partial charge in [0.2, 0.25) is 0 Å². The van der Waals surface area contributed by atoms with Crippen molar-refractivity contribution in [3.05, 3.63) is 88.8 Å². The van der Waals surface area contributed by atoms with E-state index in [-0.39, 0.29) is 34.4 Å². The van der Waals surface area contributed by atoms with E-state index in [1.807, 2.05) is 4.90 Å². The maximum atomic E-state index is 14.5. The van der Waals surface area contributed by atoms with Gasteiger partial charge in [-0.1, -0.05) is 20.8 Å². The average molecular weight is 505 g/mol. The van der Waals surface area contributed by atoms with Crippen molar-refractivity contribution in [1.82, 2.24) is 14.5 Å². The maximum absolute atomic E-state index is 14.5. The molecule has 1 unspecified atom stereocenters. The van der Waals surface area contributed by atoms with Crippen LogP contribution in [0, 0.1) is 23.5 Å². The van der Waals surface area contributed by atoms with Crippen LogP contribution in [0.2, 0.25) is 0 Å². The molecule has 0 saturated carbocycles. The Morgan fingerprint density at radius 1 is 1.05 bits per heavy atom. The van der Waals surface area contributed by atoms with Crippen molar-refractivity contribution < 1.29 is 18.3 Å². The second-order valence-corrected chi connectivity index (χ2v) is 10.4. The average Bonchev–Trinajstić information content (AvgIpc) is 3.53. The van der Waals surface area contributed by atoms with Gasteiger partial charge in [-0.15, -0.1) is 0 Å². The number of hydrogen-bond acceptors (Lipinski definition) is 3. The fraction of sp³-hybridized carbons (Fsp3) is 0.276. The van der Waals surface area contributed by atoms with Crippen LogP contribution in [0.1, 0.15) is 37.6 Å². The Morgan fingerprint density at radius 2 is 1.81 bits per heavy atom. The minimum absolute atomic E-state index is 0.0124. The predicted molar refractivity (Wildman–Crippen MR) is 139 cm³/mol. The highest BCUT2D eigenvalue weighted by Gasteiger charge is 2.37. The molecule has 1 atom stereocenters. The molecule has 1 radical (unpaired) electrons. The van der Waals surface area contributed by atoms with E-state index in [1.165, 1.54) is 10.6 Å². The summed E-state index contributed by atoms with van der Waals surface area (Å²) in [7, 11) is 1.63. The molecule has 4 aromatic rings. The molecular weight excluding hydrogens is 476 g/mol. The summed E-state index contributed by atoms with van der Waals surface area (Å²) in [5.74, 6) is -1.57. The molecule has 1 aliphatic heterocycles. The summed E-state index contributed by atoms with van der Waals surface area (Å²) in [5, 5.41) is 0.638. The van der Waals surface area contributed by atoms with Gasteiger partial charge in [0.25, 0.3) is 11.5 Å². The SMILES string of the molecule is Cn1cc(-c2cc(C(=O)N3CC[CH]C3C(C)(C)C)ccc2Oc2ccc(F)cc2F)c2cc[nH]c2c1=O. The maximum Gasteiger partial charge on any atom is 0.274 e. The number of amides is 1. The zero-order valence-electron chi connectivity index (χ0n) is 21.1. The van der Waals surface area contributed by atoms with Crippen LogP contribution in [0.15, 0.2) is 59.7 Å². The molecule has 1 fully saturated rings. The Morgan fingerprint density at radius 3 is 2.54 bits per heavy atom. The molecule has 2 aromatic carbocycles. The number of ether oxygens (including phenoxy) is 1. The summed E-state index contributed by atoms with van der Waals surface area (Å²) >= 11 is 0. The molecule has 6 nitrogen and oxygen atoms in total. The monoisotopic (exact) mass is 504 g/mol. The molecule has 0 spiro atoms. The second kappa shape index (κ2) is 9.18. The van der Waals surface area contributed by atoms with Gasteiger partial charge in [-0.3, -0.25) is 9.59 Å². The number of hydrogen-bond donors (Lipinski definition) is 1. The third kappa shape index (κ3) is 4.52. The lowest BCUT2D eigenvalue weighted by atomic mass is 9.85. The Kier molecular flexibility index (Phi) is 6.14. The van der Waals surface area contributed by atoms with E-state index in [9.17, 15) is 18.4 Å². The van der Waals surface area contributed by atoms with E-state index in [4.69, 9.17) is 4.74 Å². The molecule has 5 rings (SSSR count). The van der Waals surface area contributed by atoms with Crippen LogP contribution < -0.4 is 10.3 Å². The lowest BCUT2D eigenvalue weighted by Gasteiger charge is -2.35. The molecule has 37 heavy (non-hydrogen) atoms. The van der Waals surface area contributed by atoms with Crippen LogP contribution in [0.5, 0.6) is 11.5 Å². The molecule has 1 saturated heterocycles. The van der Waals surface area contributed by atoms with Crippen LogP contribution in [-0.2, 0) is 7.05 Å². The number of pyridine rings is 1. The molecule has 2 aromatic heterocycles. The Bertz CT molecular complexity index is 1570. The minimum Gasteiger partial charge on any atom is -0.454 e. The fourth-order valence-electron chi connectivity index (χ4n) is 4.98. The number of halogens is 2. The predicted octanol–water partition coefficient (Wildman–Crippen LogP) is 6.07.